The number of hydrogen-bond donors (Lipinski definition) is 5. The molecule has 0 spiro atoms. The molecule has 1 aromatic carbocycles. The van der Waals surface area contributed by atoms with Crippen LogP contribution in [-0.2, 0) is 35.1 Å². The molecule has 1 fully saturated rings. The molecule has 0 saturated carbocycles. The summed E-state index contributed by atoms with van der Waals surface area (Å²) in [6.45, 7) is 11.3. The van der Waals surface area contributed by atoms with E-state index in [-0.39, 0.29) is 30.5 Å². The van der Waals surface area contributed by atoms with Gasteiger partial charge in [0.25, 0.3) is 11.8 Å². The van der Waals surface area contributed by atoms with Crippen molar-refractivity contribution in [1.82, 2.24) is 21.3 Å². The molecule has 13 heteroatoms. The van der Waals surface area contributed by atoms with Gasteiger partial charge in [-0.15, -0.1) is 0 Å². The number of nitrogens with one attached hydrogen (secondary N) is 5. The van der Waals surface area contributed by atoms with Gasteiger partial charge in [-0.05, 0) is 58.8 Å². The molecular weight excluding hydrogens is 606 g/mol. The summed E-state index contributed by atoms with van der Waals surface area (Å²) < 4.78 is 22.3. The number of carbonyl (C=O) groups is 4. The van der Waals surface area contributed by atoms with Crippen LogP contribution >= 0.6 is 0 Å². The molecule has 1 aromatic rings. The Labute approximate surface area is 276 Å². The quantitative estimate of drug-likeness (QED) is 0.102. The van der Waals surface area contributed by atoms with Gasteiger partial charge in [-0.3, -0.25) is 19.7 Å². The highest BCUT2D eigenvalue weighted by atomic mass is 16.6. The Bertz CT molecular complexity index is 1400. The van der Waals surface area contributed by atoms with Crippen LogP contribution in [0.15, 0.2) is 54.3 Å². The molecule has 0 radical (unpaired) electrons. The van der Waals surface area contributed by atoms with Gasteiger partial charge in [-0.1, -0.05) is 36.4 Å². The number of alkyl carbamates (subject to hydrolysis) is 1. The summed E-state index contributed by atoms with van der Waals surface area (Å²) in [5, 5.41) is 19.3. The van der Waals surface area contributed by atoms with Crippen molar-refractivity contribution in [3.8, 4) is 0 Å². The Morgan fingerprint density at radius 2 is 1.79 bits per heavy atom. The fraction of sp³-hybridized carbons (Fsp3) is 0.500. The van der Waals surface area contributed by atoms with E-state index in [0.29, 0.717) is 68.6 Å². The summed E-state index contributed by atoms with van der Waals surface area (Å²) >= 11 is 0. The molecule has 1 heterocycles. The lowest BCUT2D eigenvalue weighted by atomic mass is 9.89. The van der Waals surface area contributed by atoms with Gasteiger partial charge < -0.3 is 40.3 Å². The molecule has 0 aromatic heterocycles. The second-order valence-electron chi connectivity index (χ2n) is 12.4. The highest BCUT2D eigenvalue weighted by Crippen LogP contribution is 2.21. The van der Waals surface area contributed by atoms with Gasteiger partial charge in [0.1, 0.15) is 23.5 Å². The van der Waals surface area contributed by atoms with E-state index in [1.54, 1.807) is 65.0 Å². The average molecular weight is 654 g/mol. The van der Waals surface area contributed by atoms with Crippen LogP contribution in [0, 0.1) is 5.41 Å². The first-order valence-electron chi connectivity index (χ1n) is 15.7. The van der Waals surface area contributed by atoms with Gasteiger partial charge in [0.05, 0.1) is 38.0 Å². The number of imide groups is 1. The Morgan fingerprint density at radius 1 is 1.06 bits per heavy atom. The first-order chi connectivity index (χ1) is 22.3. The number of allylic oxidation sites excluding steroid dienone is 3. The van der Waals surface area contributed by atoms with Crippen molar-refractivity contribution in [3.63, 3.8) is 0 Å². The highest BCUT2D eigenvalue weighted by Gasteiger charge is 2.40. The van der Waals surface area contributed by atoms with E-state index in [1.807, 2.05) is 18.2 Å². The molecule has 3 rings (SSSR count). The third kappa shape index (κ3) is 12.4. The molecule has 4 amide bonds. The van der Waals surface area contributed by atoms with Gasteiger partial charge in [0.15, 0.2) is 0 Å². The van der Waals surface area contributed by atoms with Crippen molar-refractivity contribution in [2.45, 2.75) is 71.2 Å². The zero-order chi connectivity index (χ0) is 34.5. The van der Waals surface area contributed by atoms with Crippen molar-refractivity contribution >= 4 is 29.5 Å². The maximum Gasteiger partial charge on any atom is 0.408 e. The number of piperidine rings is 1. The third-order valence-electron chi connectivity index (χ3n) is 7.10. The summed E-state index contributed by atoms with van der Waals surface area (Å²) in [6, 6.07) is 4.91. The molecule has 47 heavy (non-hydrogen) atoms. The zero-order valence-electron chi connectivity index (χ0n) is 27.8. The van der Waals surface area contributed by atoms with Crippen molar-refractivity contribution in [3.05, 3.63) is 71.0 Å². The largest absolute Gasteiger partial charge is 0.491 e. The van der Waals surface area contributed by atoms with Crippen molar-refractivity contribution in [1.29, 1.82) is 5.41 Å². The van der Waals surface area contributed by atoms with Gasteiger partial charge in [-0.25, -0.2) is 4.79 Å². The highest BCUT2D eigenvalue weighted by molar-refractivity contribution is 6.11. The summed E-state index contributed by atoms with van der Waals surface area (Å²) in [5.41, 5.74) is -0.141. The minimum absolute atomic E-state index is 0.131. The minimum Gasteiger partial charge on any atom is -0.491 e. The van der Waals surface area contributed by atoms with Crippen LogP contribution in [-0.4, -0.2) is 86.3 Å². The molecule has 2 aliphatic rings. The van der Waals surface area contributed by atoms with Crippen LogP contribution in [0.25, 0.3) is 0 Å². The summed E-state index contributed by atoms with van der Waals surface area (Å²) in [4.78, 5) is 49.5. The molecular formula is C34H47N5O8. The molecule has 5 N–H and O–H groups in total. The maximum absolute atomic E-state index is 13.4. The van der Waals surface area contributed by atoms with Gasteiger partial charge >= 0.3 is 6.09 Å². The van der Waals surface area contributed by atoms with Gasteiger partial charge in [-0.2, -0.15) is 0 Å². The monoisotopic (exact) mass is 653 g/mol. The fourth-order valence-corrected chi connectivity index (χ4v) is 4.72. The van der Waals surface area contributed by atoms with Crippen molar-refractivity contribution in [2.24, 2.45) is 0 Å². The molecule has 2 unspecified atom stereocenters. The van der Waals surface area contributed by atoms with Crippen LogP contribution in [0.5, 0.6) is 0 Å². The Kier molecular flexibility index (Phi) is 13.9. The van der Waals surface area contributed by atoms with Gasteiger partial charge in [0.2, 0.25) is 5.91 Å². The molecule has 2 atom stereocenters. The predicted molar refractivity (Wildman–Crippen MR) is 176 cm³/mol. The number of carbonyl (C=O) groups excluding carboxylic acids is 4. The van der Waals surface area contributed by atoms with Crippen molar-refractivity contribution < 1.29 is 38.1 Å². The number of rotatable bonds is 16. The number of amides is 4. The van der Waals surface area contributed by atoms with E-state index in [1.165, 1.54) is 0 Å². The summed E-state index contributed by atoms with van der Waals surface area (Å²) in [7, 11) is 0. The van der Waals surface area contributed by atoms with Crippen LogP contribution in [0.1, 0.15) is 68.9 Å². The van der Waals surface area contributed by atoms with Crippen LogP contribution in [0.2, 0.25) is 0 Å². The average Bonchev–Trinajstić information content (AvgIpc) is 3.21. The number of ether oxygens (including phenoxy) is 4. The molecule has 1 aliphatic carbocycles. The van der Waals surface area contributed by atoms with Crippen LogP contribution in [0.4, 0.5) is 4.79 Å². The number of hydrogen-bond acceptors (Lipinski definition) is 10. The summed E-state index contributed by atoms with van der Waals surface area (Å²) in [5.74, 6) is -0.786. The third-order valence-corrected chi connectivity index (χ3v) is 7.10. The Morgan fingerprint density at radius 3 is 2.49 bits per heavy atom. The van der Waals surface area contributed by atoms with Crippen LogP contribution in [0.3, 0.4) is 0 Å². The summed E-state index contributed by atoms with van der Waals surface area (Å²) in [6.07, 6.45) is 8.89. The lowest BCUT2D eigenvalue weighted by molar-refractivity contribution is -0.137. The first kappa shape index (κ1) is 37.1. The van der Waals surface area contributed by atoms with Gasteiger partial charge in [0, 0.05) is 30.8 Å². The Balaban J connectivity index is 1.35. The van der Waals surface area contributed by atoms with E-state index in [0.717, 1.165) is 0 Å². The lowest BCUT2D eigenvalue weighted by Crippen LogP contribution is -2.61. The fourth-order valence-electron chi connectivity index (χ4n) is 4.72. The van der Waals surface area contributed by atoms with E-state index in [4.69, 9.17) is 24.4 Å². The van der Waals surface area contributed by atoms with E-state index >= 15 is 0 Å². The van der Waals surface area contributed by atoms with E-state index < -0.39 is 29.0 Å². The normalized spacial score (nSPS) is 19.3. The smallest absolute Gasteiger partial charge is 0.408 e. The first-order valence-corrected chi connectivity index (χ1v) is 15.7. The van der Waals surface area contributed by atoms with Crippen molar-refractivity contribution in [2.75, 3.05) is 39.6 Å². The zero-order valence-corrected chi connectivity index (χ0v) is 27.8. The standard InChI is InChI=1S/C34H47N5O8/c1-23(35)27-12-8-9-24(29(27)30(41)39-34(5)14-13-28(40)38-31(34)42)22-36-15-16-44-17-18-45-19-20-46-26-11-7-6-10-25(21-26)37-32(43)47-33(2,3)4/h6-12,21,25,35-36H,13-20,22H2,1-5H3,(H,37,43)(H,39,41)(H,38,40,42). The lowest BCUT2D eigenvalue weighted by Gasteiger charge is -2.33. The molecule has 256 valence electrons. The number of benzene rings is 1. The van der Waals surface area contributed by atoms with E-state index in [9.17, 15) is 19.2 Å². The second-order valence-corrected chi connectivity index (χ2v) is 12.4. The molecule has 1 saturated heterocycles. The molecule has 13 nitrogen and oxygen atoms in total. The maximum atomic E-state index is 13.4. The predicted octanol–water partition coefficient (Wildman–Crippen LogP) is 3.04. The van der Waals surface area contributed by atoms with E-state index in [2.05, 4.69) is 21.3 Å². The molecule has 1 aliphatic heterocycles. The topological polar surface area (TPSA) is 177 Å². The Hall–Kier alpha value is -4.33. The second kappa shape index (κ2) is 17.5. The minimum atomic E-state index is -1.23. The SMILES string of the molecule is CC(=N)c1cccc(CNCCOCCOCCOC2=CC(NC(=O)OC(C)(C)C)C=CC=C2)c1C(=O)NC1(C)CCC(=O)NC1=O. The molecule has 0 bridgehead atoms. The van der Waals surface area contributed by atoms with Crippen LogP contribution < -0.4 is 21.3 Å².